The van der Waals surface area contributed by atoms with Crippen molar-refractivity contribution in [2.24, 2.45) is 0 Å². The third-order valence-electron chi connectivity index (χ3n) is 2.25. The Kier molecular flexibility index (Phi) is 3.28. The summed E-state index contributed by atoms with van der Waals surface area (Å²) in [7, 11) is 0. The van der Waals surface area contributed by atoms with Gasteiger partial charge in [-0.15, -0.1) is 0 Å². The van der Waals surface area contributed by atoms with Crippen LogP contribution in [0, 0.1) is 12.7 Å². The van der Waals surface area contributed by atoms with Gasteiger partial charge >= 0.3 is 0 Å². The van der Waals surface area contributed by atoms with Gasteiger partial charge in [0.1, 0.15) is 5.82 Å². The van der Waals surface area contributed by atoms with Crippen LogP contribution in [0.5, 0.6) is 0 Å². The summed E-state index contributed by atoms with van der Waals surface area (Å²) in [6.45, 7) is 1.78. The minimum Gasteiger partial charge on any atom is -0.459 e. The number of furan rings is 1. The summed E-state index contributed by atoms with van der Waals surface area (Å²) in [6, 6.07) is 5.95. The molecule has 17 heavy (non-hydrogen) atoms. The monoisotopic (exact) mass is 297 g/mol. The molecule has 1 amide bonds. The summed E-state index contributed by atoms with van der Waals surface area (Å²) < 4.78 is 18.3. The van der Waals surface area contributed by atoms with Crippen LogP contribution >= 0.6 is 15.9 Å². The van der Waals surface area contributed by atoms with Gasteiger partial charge in [-0.3, -0.25) is 4.79 Å². The second-order valence-corrected chi connectivity index (χ2v) is 4.37. The quantitative estimate of drug-likeness (QED) is 0.917. The highest BCUT2D eigenvalue weighted by Gasteiger charge is 2.13. The van der Waals surface area contributed by atoms with Crippen molar-refractivity contribution < 1.29 is 13.6 Å². The maximum atomic E-state index is 13.0. The van der Waals surface area contributed by atoms with Gasteiger partial charge in [0, 0.05) is 11.3 Å². The van der Waals surface area contributed by atoms with Gasteiger partial charge in [-0.25, -0.2) is 4.39 Å². The van der Waals surface area contributed by atoms with Gasteiger partial charge in [-0.2, -0.15) is 0 Å². The Bertz CT molecular complexity index is 565. The number of aryl methyl sites for hydroxylation is 1. The van der Waals surface area contributed by atoms with E-state index in [9.17, 15) is 9.18 Å². The van der Waals surface area contributed by atoms with E-state index in [-0.39, 0.29) is 17.5 Å². The second-order valence-electron chi connectivity index (χ2n) is 3.52. The number of nitrogens with one attached hydrogen (secondary N) is 1. The number of hydrogen-bond acceptors (Lipinski definition) is 2. The molecule has 0 aliphatic carbocycles. The molecule has 0 saturated heterocycles. The van der Waals surface area contributed by atoms with Crippen LogP contribution in [-0.4, -0.2) is 5.91 Å². The Morgan fingerprint density at radius 1 is 1.41 bits per heavy atom. The molecule has 0 bridgehead atoms. The molecular weight excluding hydrogens is 289 g/mol. The lowest BCUT2D eigenvalue weighted by Gasteiger charge is -2.04. The van der Waals surface area contributed by atoms with E-state index in [0.717, 1.165) is 5.56 Å². The van der Waals surface area contributed by atoms with Crippen molar-refractivity contribution in [3.05, 3.63) is 52.1 Å². The minimum atomic E-state index is -0.378. The molecule has 0 aliphatic rings. The maximum absolute atomic E-state index is 13.0. The van der Waals surface area contributed by atoms with Gasteiger partial charge in [0.2, 0.25) is 0 Å². The number of carbonyl (C=O) groups is 1. The predicted octanol–water partition coefficient (Wildman–Crippen LogP) is 3.74. The lowest BCUT2D eigenvalue weighted by molar-refractivity contribution is 0.0996. The average molecular weight is 298 g/mol. The van der Waals surface area contributed by atoms with Gasteiger partial charge in [0.15, 0.2) is 5.76 Å². The van der Waals surface area contributed by atoms with E-state index < -0.39 is 0 Å². The Hall–Kier alpha value is -1.62. The molecule has 1 aromatic heterocycles. The molecule has 0 atom stereocenters. The average Bonchev–Trinajstić information content (AvgIpc) is 2.70. The van der Waals surface area contributed by atoms with Crippen LogP contribution in [0.2, 0.25) is 0 Å². The van der Waals surface area contributed by atoms with E-state index in [1.807, 2.05) is 0 Å². The molecule has 0 fully saturated rings. The number of benzene rings is 1. The molecule has 2 rings (SSSR count). The first-order valence-corrected chi connectivity index (χ1v) is 5.67. The topological polar surface area (TPSA) is 42.2 Å². The molecule has 0 aliphatic heterocycles. The molecule has 0 unspecified atom stereocenters. The Labute approximate surface area is 106 Å². The molecule has 1 N–H and O–H groups in total. The van der Waals surface area contributed by atoms with E-state index in [1.165, 1.54) is 24.5 Å². The fourth-order valence-corrected chi connectivity index (χ4v) is 1.75. The Morgan fingerprint density at radius 3 is 2.76 bits per heavy atom. The number of halogens is 2. The van der Waals surface area contributed by atoms with Gasteiger partial charge in [-0.05, 0) is 47.1 Å². The highest BCUT2D eigenvalue weighted by Crippen LogP contribution is 2.21. The number of carbonyl (C=O) groups excluding carboxylic acids is 1. The molecular formula is C12H9BrFNO2. The highest BCUT2D eigenvalue weighted by atomic mass is 79.9. The molecule has 0 spiro atoms. The van der Waals surface area contributed by atoms with Crippen molar-refractivity contribution in [1.82, 2.24) is 0 Å². The van der Waals surface area contributed by atoms with E-state index in [4.69, 9.17) is 4.42 Å². The Morgan fingerprint density at radius 2 is 2.18 bits per heavy atom. The summed E-state index contributed by atoms with van der Waals surface area (Å²) in [4.78, 5) is 11.8. The molecule has 0 saturated carbocycles. The summed E-state index contributed by atoms with van der Waals surface area (Å²) in [5.74, 6) is -0.478. The van der Waals surface area contributed by atoms with Crippen LogP contribution in [0.4, 0.5) is 10.1 Å². The summed E-state index contributed by atoms with van der Waals surface area (Å²) in [5, 5.41) is 2.62. The van der Waals surface area contributed by atoms with Crippen molar-refractivity contribution in [1.29, 1.82) is 0 Å². The third kappa shape index (κ3) is 2.55. The second kappa shape index (κ2) is 4.71. The molecule has 2 aromatic rings. The summed E-state index contributed by atoms with van der Waals surface area (Å²) >= 11 is 3.05. The van der Waals surface area contributed by atoms with Crippen molar-refractivity contribution in [3.8, 4) is 0 Å². The molecule has 88 valence electrons. The summed E-state index contributed by atoms with van der Waals surface area (Å²) in [6.07, 6.45) is 1.45. The zero-order valence-electron chi connectivity index (χ0n) is 8.96. The molecule has 1 heterocycles. The van der Waals surface area contributed by atoms with Crippen LogP contribution in [0.25, 0.3) is 0 Å². The normalized spacial score (nSPS) is 10.3. The first-order valence-electron chi connectivity index (χ1n) is 4.88. The molecule has 1 aromatic carbocycles. The summed E-state index contributed by atoms with van der Waals surface area (Å²) in [5.41, 5.74) is 1.25. The fourth-order valence-electron chi connectivity index (χ4n) is 1.37. The molecule has 3 nitrogen and oxygen atoms in total. The maximum Gasteiger partial charge on any atom is 0.291 e. The number of hydrogen-bond donors (Lipinski definition) is 1. The predicted molar refractivity (Wildman–Crippen MR) is 65.5 cm³/mol. The zero-order valence-corrected chi connectivity index (χ0v) is 10.5. The van der Waals surface area contributed by atoms with Gasteiger partial charge in [-0.1, -0.05) is 0 Å². The first-order chi connectivity index (χ1) is 8.08. The zero-order chi connectivity index (χ0) is 12.4. The fraction of sp³-hybridized carbons (Fsp3) is 0.0833. The van der Waals surface area contributed by atoms with Crippen molar-refractivity contribution in [2.45, 2.75) is 6.92 Å². The third-order valence-corrected chi connectivity index (χ3v) is 2.85. The number of anilines is 1. The SMILES string of the molecule is Cc1ccoc1C(=O)Nc1ccc(F)c(Br)c1. The minimum absolute atomic E-state index is 0.255. The van der Waals surface area contributed by atoms with Crippen LogP contribution in [-0.2, 0) is 0 Å². The van der Waals surface area contributed by atoms with Crippen molar-refractivity contribution in [2.75, 3.05) is 5.32 Å². The van der Waals surface area contributed by atoms with Crippen molar-refractivity contribution in [3.63, 3.8) is 0 Å². The van der Waals surface area contributed by atoms with Crippen LogP contribution < -0.4 is 5.32 Å². The lowest BCUT2D eigenvalue weighted by atomic mass is 10.2. The smallest absolute Gasteiger partial charge is 0.291 e. The number of rotatable bonds is 2. The van der Waals surface area contributed by atoms with Gasteiger partial charge in [0.05, 0.1) is 10.7 Å². The van der Waals surface area contributed by atoms with Crippen molar-refractivity contribution >= 4 is 27.5 Å². The van der Waals surface area contributed by atoms with Crippen LogP contribution in [0.1, 0.15) is 16.1 Å². The van der Waals surface area contributed by atoms with Gasteiger partial charge < -0.3 is 9.73 Å². The lowest BCUT2D eigenvalue weighted by Crippen LogP contribution is -2.12. The largest absolute Gasteiger partial charge is 0.459 e. The van der Waals surface area contributed by atoms with E-state index >= 15 is 0 Å². The Balaban J connectivity index is 2.19. The highest BCUT2D eigenvalue weighted by molar-refractivity contribution is 9.10. The standard InChI is InChI=1S/C12H9BrFNO2/c1-7-4-5-17-11(7)12(16)15-8-2-3-10(14)9(13)6-8/h2-6H,1H3,(H,15,16). The first kappa shape index (κ1) is 11.9. The van der Waals surface area contributed by atoms with E-state index in [0.29, 0.717) is 10.2 Å². The van der Waals surface area contributed by atoms with E-state index in [2.05, 4.69) is 21.2 Å². The molecule has 0 radical (unpaired) electrons. The van der Waals surface area contributed by atoms with Crippen LogP contribution in [0.15, 0.2) is 39.4 Å². The van der Waals surface area contributed by atoms with Crippen LogP contribution in [0.3, 0.4) is 0 Å². The number of amides is 1. The molecule has 5 heteroatoms. The van der Waals surface area contributed by atoms with E-state index in [1.54, 1.807) is 13.0 Å². The van der Waals surface area contributed by atoms with Gasteiger partial charge in [0.25, 0.3) is 5.91 Å².